The zero-order chi connectivity index (χ0) is 38.9. The van der Waals surface area contributed by atoms with Gasteiger partial charge in [0.1, 0.15) is 24.0 Å². The second-order valence-corrected chi connectivity index (χ2v) is 16.4. The van der Waals surface area contributed by atoms with Gasteiger partial charge in [0.05, 0.1) is 28.6 Å². The first-order valence-corrected chi connectivity index (χ1v) is 19.4. The van der Waals surface area contributed by atoms with Gasteiger partial charge in [-0.2, -0.15) is 0 Å². The van der Waals surface area contributed by atoms with Crippen LogP contribution < -0.4 is 14.5 Å². The van der Waals surface area contributed by atoms with Crippen molar-refractivity contribution in [3.63, 3.8) is 0 Å². The number of hydrogen-bond donors (Lipinski definition) is 0. The monoisotopic (exact) mass is 733 g/mol. The summed E-state index contributed by atoms with van der Waals surface area (Å²) in [6.07, 6.45) is 5.78. The van der Waals surface area contributed by atoms with Gasteiger partial charge in [-0.15, -0.1) is 0 Å². The first-order chi connectivity index (χ1) is 26.9. The van der Waals surface area contributed by atoms with E-state index in [-0.39, 0.29) is 5.41 Å². The van der Waals surface area contributed by atoms with E-state index in [0.717, 1.165) is 50.8 Å². The van der Waals surface area contributed by atoms with Crippen molar-refractivity contribution in [3.05, 3.63) is 161 Å². The summed E-state index contributed by atoms with van der Waals surface area (Å²) in [7, 11) is 0. The molecule has 0 saturated carbocycles. The maximum Gasteiger partial charge on any atom is 0.137 e. The van der Waals surface area contributed by atoms with Crippen LogP contribution in [0.25, 0.3) is 38.8 Å². The molecule has 56 heavy (non-hydrogen) atoms. The Hall–Kier alpha value is -6.40. The molecule has 0 saturated heterocycles. The second-order valence-electron chi connectivity index (χ2n) is 16.4. The molecule has 9 rings (SSSR count). The van der Waals surface area contributed by atoms with Crippen LogP contribution in [0.15, 0.2) is 128 Å². The Kier molecular flexibility index (Phi) is 8.46. The summed E-state index contributed by atoms with van der Waals surface area (Å²) in [4.78, 5) is 14.2. The number of para-hydroxylation sites is 1. The molecule has 0 unspecified atom stereocenters. The van der Waals surface area contributed by atoms with Crippen LogP contribution in [0.5, 0.6) is 11.5 Å². The molecule has 0 atom stereocenters. The summed E-state index contributed by atoms with van der Waals surface area (Å²) in [6, 6.07) is 39.0. The van der Waals surface area contributed by atoms with E-state index in [1.165, 1.54) is 55.6 Å². The Morgan fingerprint density at radius 2 is 1.34 bits per heavy atom. The van der Waals surface area contributed by atoms with Gasteiger partial charge in [-0.1, -0.05) is 62.7 Å². The van der Waals surface area contributed by atoms with Gasteiger partial charge < -0.3 is 14.5 Å². The van der Waals surface area contributed by atoms with E-state index in [1.807, 2.05) is 24.7 Å². The van der Waals surface area contributed by atoms with Crippen molar-refractivity contribution in [2.45, 2.75) is 60.8 Å². The van der Waals surface area contributed by atoms with E-state index in [1.54, 1.807) is 0 Å². The van der Waals surface area contributed by atoms with Crippen LogP contribution in [0.2, 0.25) is 0 Å². The van der Waals surface area contributed by atoms with E-state index in [4.69, 9.17) is 9.72 Å². The fourth-order valence-corrected chi connectivity index (χ4v) is 8.80. The minimum absolute atomic E-state index is 0.00150. The van der Waals surface area contributed by atoms with Crippen LogP contribution in [0.3, 0.4) is 0 Å². The highest BCUT2D eigenvalue weighted by molar-refractivity contribution is 6.09. The molecule has 1 aliphatic heterocycles. The number of fused-ring (bicyclic) bond motifs is 4. The van der Waals surface area contributed by atoms with E-state index >= 15 is 0 Å². The summed E-state index contributed by atoms with van der Waals surface area (Å²) in [5.41, 5.74) is 16.9. The number of hydrogen-bond acceptors (Lipinski definition) is 5. The van der Waals surface area contributed by atoms with Crippen LogP contribution in [0, 0.1) is 34.6 Å². The van der Waals surface area contributed by atoms with Crippen LogP contribution in [0.4, 0.5) is 22.7 Å². The lowest BCUT2D eigenvalue weighted by atomic mass is 9.88. The van der Waals surface area contributed by atoms with E-state index in [2.05, 4.69) is 178 Å². The van der Waals surface area contributed by atoms with Crippen LogP contribution >= 0.6 is 0 Å². The molecule has 0 fully saturated rings. The minimum atomic E-state index is 0.00150. The summed E-state index contributed by atoms with van der Waals surface area (Å²) in [5.74, 6) is 2.44. The molecular weight excluding hydrogens is 687 g/mol. The Labute approximate surface area is 329 Å². The van der Waals surface area contributed by atoms with Gasteiger partial charge in [-0.05, 0) is 140 Å². The third-order valence-corrected chi connectivity index (χ3v) is 11.2. The maximum atomic E-state index is 6.68. The Bertz CT molecular complexity index is 2780. The summed E-state index contributed by atoms with van der Waals surface area (Å²) < 4.78 is 8.94. The topological polar surface area (TPSA) is 46.4 Å². The zero-order valence-corrected chi connectivity index (χ0v) is 33.5. The fraction of sp³-hybridized carbons (Fsp3) is 0.200. The Balaban J connectivity index is 1.05. The number of aromatic nitrogens is 3. The largest absolute Gasteiger partial charge is 0.457 e. The molecule has 278 valence electrons. The van der Waals surface area contributed by atoms with E-state index < -0.39 is 0 Å². The average Bonchev–Trinajstić information content (AvgIpc) is 3.70. The number of aryl methyl sites for hydroxylation is 5. The van der Waals surface area contributed by atoms with Gasteiger partial charge in [-0.3, -0.25) is 9.55 Å². The lowest BCUT2D eigenvalue weighted by Crippen LogP contribution is -2.25. The molecule has 0 radical (unpaired) electrons. The first-order valence-electron chi connectivity index (χ1n) is 19.4. The molecular formula is C50H47N5O. The highest BCUT2D eigenvalue weighted by atomic mass is 16.5. The summed E-state index contributed by atoms with van der Waals surface area (Å²) in [5, 5.41) is 2.35. The summed E-state index contributed by atoms with van der Waals surface area (Å²) in [6.45, 7) is 18.4. The van der Waals surface area contributed by atoms with Crippen molar-refractivity contribution in [1.82, 2.24) is 14.5 Å². The highest BCUT2D eigenvalue weighted by Gasteiger charge is 2.30. The molecule has 6 nitrogen and oxygen atoms in total. The smallest absolute Gasteiger partial charge is 0.137 e. The number of ether oxygens (including phenoxy) is 1. The molecule has 1 aliphatic rings. The molecule has 0 amide bonds. The van der Waals surface area contributed by atoms with Gasteiger partial charge in [0, 0.05) is 46.7 Å². The SMILES string of the molecule is Cc1cc(C)c(-c2cc(C)c(N3CN(c4cccc(Oc5ccc6c7ccccc7n(-c7cc(C(C)(C)C)ccn7)c6c5)c4)c4ccncc43)c(C)c2)c(C)c1. The lowest BCUT2D eigenvalue weighted by Gasteiger charge is -2.26. The minimum Gasteiger partial charge on any atom is -0.457 e. The maximum absolute atomic E-state index is 6.68. The van der Waals surface area contributed by atoms with Gasteiger partial charge in [0.15, 0.2) is 0 Å². The van der Waals surface area contributed by atoms with Crippen molar-refractivity contribution >= 4 is 44.6 Å². The molecule has 5 aromatic carbocycles. The van der Waals surface area contributed by atoms with Crippen molar-refractivity contribution in [2.75, 3.05) is 16.5 Å². The Morgan fingerprint density at radius 1 is 0.607 bits per heavy atom. The molecule has 3 aromatic heterocycles. The summed E-state index contributed by atoms with van der Waals surface area (Å²) >= 11 is 0. The van der Waals surface area contributed by atoms with Crippen molar-refractivity contribution in [3.8, 4) is 28.4 Å². The number of anilines is 4. The first kappa shape index (κ1) is 35.3. The van der Waals surface area contributed by atoms with Gasteiger partial charge in [0.2, 0.25) is 0 Å². The quantitative estimate of drug-likeness (QED) is 0.170. The zero-order valence-electron chi connectivity index (χ0n) is 33.5. The van der Waals surface area contributed by atoms with Crippen molar-refractivity contribution < 1.29 is 4.74 Å². The second kappa shape index (κ2) is 13.4. The number of benzene rings is 5. The molecule has 0 N–H and O–H groups in total. The predicted molar refractivity (Wildman–Crippen MR) is 233 cm³/mol. The number of nitrogens with zero attached hydrogens (tertiary/aromatic N) is 5. The Morgan fingerprint density at radius 3 is 2.11 bits per heavy atom. The molecule has 4 heterocycles. The molecule has 6 heteroatoms. The van der Waals surface area contributed by atoms with Gasteiger partial charge in [0.25, 0.3) is 0 Å². The van der Waals surface area contributed by atoms with Crippen molar-refractivity contribution in [1.29, 1.82) is 0 Å². The van der Waals surface area contributed by atoms with Gasteiger partial charge in [-0.25, -0.2) is 4.98 Å². The van der Waals surface area contributed by atoms with E-state index in [9.17, 15) is 0 Å². The third kappa shape index (κ3) is 6.06. The molecule has 0 spiro atoms. The average molecular weight is 734 g/mol. The highest BCUT2D eigenvalue weighted by Crippen LogP contribution is 2.47. The molecule has 8 aromatic rings. The number of pyridine rings is 2. The van der Waals surface area contributed by atoms with Crippen LogP contribution in [-0.2, 0) is 5.41 Å². The standard InChI is InChI=1S/C50H47N5O/c1-31-22-32(2)48(33(3)23-31)36-24-34(4)49(35(5)25-36)54-30-53(44-19-20-51-29-46(44)54)38-12-11-13-39(27-38)56-40-16-17-42-41-14-9-10-15-43(41)55(45(42)28-40)47-26-37(18-21-52-47)50(6,7)8/h9-29H,30H2,1-8H3. The predicted octanol–water partition coefficient (Wildman–Crippen LogP) is 13.1. The molecule has 0 aliphatic carbocycles. The molecule has 0 bridgehead atoms. The fourth-order valence-electron chi connectivity index (χ4n) is 8.80. The van der Waals surface area contributed by atoms with Crippen LogP contribution in [0.1, 0.15) is 54.2 Å². The number of rotatable bonds is 6. The van der Waals surface area contributed by atoms with Crippen LogP contribution in [-0.4, -0.2) is 21.2 Å². The lowest BCUT2D eigenvalue weighted by molar-refractivity contribution is 0.483. The third-order valence-electron chi connectivity index (χ3n) is 11.2. The van der Waals surface area contributed by atoms with E-state index in [0.29, 0.717) is 6.67 Å². The van der Waals surface area contributed by atoms with Crippen molar-refractivity contribution in [2.24, 2.45) is 0 Å². The van der Waals surface area contributed by atoms with Gasteiger partial charge >= 0.3 is 0 Å². The normalized spacial score (nSPS) is 12.9.